The van der Waals surface area contributed by atoms with Crippen LogP contribution < -0.4 is 0 Å². The van der Waals surface area contributed by atoms with Gasteiger partial charge < -0.3 is 25.2 Å². The van der Waals surface area contributed by atoms with Gasteiger partial charge in [0, 0.05) is 13.5 Å². The Morgan fingerprint density at radius 1 is 1.00 bits per heavy atom. The van der Waals surface area contributed by atoms with Crippen LogP contribution in [0.4, 0.5) is 0 Å². The van der Waals surface area contributed by atoms with Gasteiger partial charge in [-0.05, 0) is 0 Å². The van der Waals surface area contributed by atoms with E-state index in [4.69, 9.17) is 14.9 Å². The highest BCUT2D eigenvalue weighted by molar-refractivity contribution is 4.93. The van der Waals surface area contributed by atoms with Gasteiger partial charge in [-0.3, -0.25) is 0 Å². The van der Waals surface area contributed by atoms with Gasteiger partial charge in [-0.25, -0.2) is 0 Å². The Hall–Kier alpha value is -0.200. The van der Waals surface area contributed by atoms with Gasteiger partial charge in [-0.15, -0.1) is 0 Å². The molecule has 3 unspecified atom stereocenters. The second-order valence-corrected chi connectivity index (χ2v) is 3.05. The smallest absolute Gasteiger partial charge is 0.114 e. The van der Waals surface area contributed by atoms with Crippen LogP contribution in [0, 0.1) is 0 Å². The van der Waals surface area contributed by atoms with E-state index in [1.807, 2.05) is 0 Å². The van der Waals surface area contributed by atoms with Crippen molar-refractivity contribution in [3.05, 3.63) is 0 Å². The van der Waals surface area contributed by atoms with Gasteiger partial charge in [0.2, 0.25) is 0 Å². The van der Waals surface area contributed by atoms with E-state index in [0.717, 1.165) is 0 Å². The first kappa shape index (κ1) is 9.88. The molecule has 0 saturated heterocycles. The molecule has 0 amide bonds. The molecular formula is C7H14O5. The standard InChI is InChI=1S/C7H14O5/c1-12-7-5(10)3(8)2-4(9)6(7)11/h3-11H,2H2,1H3/t3-,4?,5?,6+,7?/m0/s1. The molecule has 0 aromatic carbocycles. The molecule has 1 fully saturated rings. The van der Waals surface area contributed by atoms with Gasteiger partial charge in [0.05, 0.1) is 12.2 Å². The Morgan fingerprint density at radius 2 is 1.42 bits per heavy atom. The van der Waals surface area contributed by atoms with Crippen LogP contribution >= 0.6 is 0 Å². The van der Waals surface area contributed by atoms with Crippen molar-refractivity contribution >= 4 is 0 Å². The van der Waals surface area contributed by atoms with Crippen molar-refractivity contribution in [3.63, 3.8) is 0 Å². The quantitative estimate of drug-likeness (QED) is 0.367. The molecule has 0 radical (unpaired) electrons. The number of rotatable bonds is 1. The maximum absolute atomic E-state index is 9.28. The van der Waals surface area contributed by atoms with Gasteiger partial charge in [-0.2, -0.15) is 0 Å². The van der Waals surface area contributed by atoms with E-state index in [2.05, 4.69) is 0 Å². The largest absolute Gasteiger partial charge is 0.390 e. The number of hydrogen-bond acceptors (Lipinski definition) is 5. The second-order valence-electron chi connectivity index (χ2n) is 3.05. The summed E-state index contributed by atoms with van der Waals surface area (Å²) in [5.74, 6) is 0. The van der Waals surface area contributed by atoms with Gasteiger partial charge in [0.1, 0.15) is 18.3 Å². The van der Waals surface area contributed by atoms with Crippen molar-refractivity contribution in [2.75, 3.05) is 7.11 Å². The zero-order valence-electron chi connectivity index (χ0n) is 6.79. The molecule has 1 saturated carbocycles. The Labute approximate surface area is 70.2 Å². The number of ether oxygens (including phenoxy) is 1. The first-order valence-corrected chi connectivity index (χ1v) is 3.83. The molecule has 5 atom stereocenters. The average Bonchev–Trinajstić information content (AvgIpc) is 2.02. The van der Waals surface area contributed by atoms with Crippen LogP contribution in [0.25, 0.3) is 0 Å². The van der Waals surface area contributed by atoms with Crippen molar-refractivity contribution in [1.82, 2.24) is 0 Å². The highest BCUT2D eigenvalue weighted by Gasteiger charge is 2.42. The molecule has 4 N–H and O–H groups in total. The highest BCUT2D eigenvalue weighted by atomic mass is 16.5. The summed E-state index contributed by atoms with van der Waals surface area (Å²) >= 11 is 0. The monoisotopic (exact) mass is 178 g/mol. The molecule has 1 aliphatic carbocycles. The second kappa shape index (κ2) is 3.68. The summed E-state index contributed by atoms with van der Waals surface area (Å²) < 4.78 is 4.74. The fraction of sp³-hybridized carbons (Fsp3) is 1.00. The molecule has 5 nitrogen and oxygen atoms in total. The van der Waals surface area contributed by atoms with Crippen LogP contribution in [0.5, 0.6) is 0 Å². The molecule has 0 heterocycles. The fourth-order valence-corrected chi connectivity index (χ4v) is 1.45. The molecule has 0 aliphatic heterocycles. The molecular weight excluding hydrogens is 164 g/mol. The summed E-state index contributed by atoms with van der Waals surface area (Å²) in [7, 11) is 1.31. The van der Waals surface area contributed by atoms with E-state index in [-0.39, 0.29) is 6.42 Å². The van der Waals surface area contributed by atoms with Gasteiger partial charge >= 0.3 is 0 Å². The number of aliphatic hydroxyl groups is 4. The lowest BCUT2D eigenvalue weighted by Crippen LogP contribution is -2.56. The average molecular weight is 178 g/mol. The Kier molecular flexibility index (Phi) is 3.03. The minimum absolute atomic E-state index is 0.0256. The van der Waals surface area contributed by atoms with Crippen molar-refractivity contribution in [2.45, 2.75) is 36.9 Å². The van der Waals surface area contributed by atoms with Crippen molar-refractivity contribution < 1.29 is 25.2 Å². The van der Waals surface area contributed by atoms with Crippen LogP contribution in [0.15, 0.2) is 0 Å². The molecule has 0 spiro atoms. The van der Waals surface area contributed by atoms with E-state index in [0.29, 0.717) is 0 Å². The third-order valence-electron chi connectivity index (χ3n) is 2.22. The maximum Gasteiger partial charge on any atom is 0.114 e. The molecule has 5 heteroatoms. The first-order valence-electron chi connectivity index (χ1n) is 3.83. The lowest BCUT2D eigenvalue weighted by Gasteiger charge is -2.37. The topological polar surface area (TPSA) is 90.2 Å². The molecule has 0 aromatic heterocycles. The van der Waals surface area contributed by atoms with Crippen molar-refractivity contribution in [3.8, 4) is 0 Å². The van der Waals surface area contributed by atoms with Gasteiger partial charge in [0.15, 0.2) is 0 Å². The van der Waals surface area contributed by atoms with E-state index in [1.54, 1.807) is 0 Å². The predicted octanol–water partition coefficient (Wildman–Crippen LogP) is -2.15. The lowest BCUT2D eigenvalue weighted by molar-refractivity contribution is -0.186. The van der Waals surface area contributed by atoms with Crippen molar-refractivity contribution in [1.29, 1.82) is 0 Å². The predicted molar refractivity (Wildman–Crippen MR) is 39.4 cm³/mol. The Bertz CT molecular complexity index is 137. The van der Waals surface area contributed by atoms with Crippen LogP contribution in [0.1, 0.15) is 6.42 Å². The molecule has 1 rings (SSSR count). The summed E-state index contributed by atoms with van der Waals surface area (Å²) in [6.07, 6.45) is -5.27. The third kappa shape index (κ3) is 1.60. The fourth-order valence-electron chi connectivity index (χ4n) is 1.45. The first-order chi connectivity index (χ1) is 5.57. The summed E-state index contributed by atoms with van der Waals surface area (Å²) in [5.41, 5.74) is 0. The summed E-state index contributed by atoms with van der Waals surface area (Å²) in [6, 6.07) is 0. The number of methoxy groups -OCH3 is 1. The van der Waals surface area contributed by atoms with Crippen LogP contribution in [-0.2, 0) is 4.74 Å². The zero-order chi connectivity index (χ0) is 9.30. The Morgan fingerprint density at radius 3 is 1.75 bits per heavy atom. The molecule has 72 valence electrons. The van der Waals surface area contributed by atoms with Gasteiger partial charge in [0.25, 0.3) is 0 Å². The zero-order valence-corrected chi connectivity index (χ0v) is 6.79. The van der Waals surface area contributed by atoms with Crippen molar-refractivity contribution in [2.24, 2.45) is 0 Å². The minimum Gasteiger partial charge on any atom is -0.390 e. The molecule has 0 bridgehead atoms. The summed E-state index contributed by atoms with van der Waals surface area (Å²) in [4.78, 5) is 0. The Balaban J connectivity index is 2.67. The van der Waals surface area contributed by atoms with E-state index in [9.17, 15) is 10.2 Å². The van der Waals surface area contributed by atoms with E-state index >= 15 is 0 Å². The van der Waals surface area contributed by atoms with Crippen LogP contribution in [0.2, 0.25) is 0 Å². The highest BCUT2D eigenvalue weighted by Crippen LogP contribution is 2.22. The third-order valence-corrected chi connectivity index (χ3v) is 2.22. The van der Waals surface area contributed by atoms with Gasteiger partial charge in [-0.1, -0.05) is 0 Å². The molecule has 12 heavy (non-hydrogen) atoms. The number of aliphatic hydroxyl groups excluding tert-OH is 4. The molecule has 1 aliphatic rings. The van der Waals surface area contributed by atoms with Crippen LogP contribution in [0.3, 0.4) is 0 Å². The minimum atomic E-state index is -1.13. The van der Waals surface area contributed by atoms with E-state index < -0.39 is 30.5 Å². The summed E-state index contributed by atoms with van der Waals surface area (Å²) in [6.45, 7) is 0. The summed E-state index contributed by atoms with van der Waals surface area (Å²) in [5, 5.41) is 36.9. The maximum atomic E-state index is 9.28. The number of hydrogen-bond donors (Lipinski definition) is 4. The van der Waals surface area contributed by atoms with E-state index in [1.165, 1.54) is 7.11 Å². The van der Waals surface area contributed by atoms with Crippen LogP contribution in [-0.4, -0.2) is 58.1 Å². The molecule has 0 aromatic rings. The normalized spacial score (nSPS) is 49.2. The lowest BCUT2D eigenvalue weighted by atomic mass is 9.87. The SMILES string of the molecule is COC1C(O)[C@@H](O)CC(O)[C@H]1O.